The van der Waals surface area contributed by atoms with E-state index in [0.29, 0.717) is 6.04 Å². The SMILES string of the molecule is CN(C)CC1CC(O)CN1Cc1sccc1Br. The van der Waals surface area contributed by atoms with E-state index in [2.05, 4.69) is 51.3 Å². The molecule has 2 heterocycles. The monoisotopic (exact) mass is 318 g/mol. The average Bonchev–Trinajstić information content (AvgIpc) is 2.75. The minimum atomic E-state index is -0.168. The van der Waals surface area contributed by atoms with Crippen molar-refractivity contribution >= 4 is 27.3 Å². The van der Waals surface area contributed by atoms with Crippen LogP contribution in [0, 0.1) is 0 Å². The lowest BCUT2D eigenvalue weighted by Crippen LogP contribution is -2.36. The van der Waals surface area contributed by atoms with Crippen LogP contribution in [0.1, 0.15) is 11.3 Å². The Bertz CT molecular complexity index is 369. The Kier molecular flexibility index (Phi) is 4.60. The summed E-state index contributed by atoms with van der Waals surface area (Å²) in [6.45, 7) is 2.75. The van der Waals surface area contributed by atoms with Gasteiger partial charge in [-0.1, -0.05) is 0 Å². The second-order valence-electron chi connectivity index (χ2n) is 4.93. The first-order valence-electron chi connectivity index (χ1n) is 5.85. The summed E-state index contributed by atoms with van der Waals surface area (Å²) in [4.78, 5) is 5.93. The zero-order valence-electron chi connectivity index (χ0n) is 10.3. The molecular weight excluding hydrogens is 300 g/mol. The number of nitrogens with zero attached hydrogens (tertiary/aromatic N) is 2. The van der Waals surface area contributed by atoms with Crippen LogP contribution in [-0.4, -0.2) is 54.2 Å². The van der Waals surface area contributed by atoms with Gasteiger partial charge in [0.05, 0.1) is 6.10 Å². The van der Waals surface area contributed by atoms with Crippen molar-refractivity contribution in [3.8, 4) is 0 Å². The summed E-state index contributed by atoms with van der Waals surface area (Å²) in [5.41, 5.74) is 0. The van der Waals surface area contributed by atoms with Crippen molar-refractivity contribution in [2.45, 2.75) is 25.1 Å². The van der Waals surface area contributed by atoms with Crippen LogP contribution in [0.3, 0.4) is 0 Å². The maximum atomic E-state index is 9.81. The Balaban J connectivity index is 2.01. The molecule has 3 nitrogen and oxygen atoms in total. The van der Waals surface area contributed by atoms with Crippen LogP contribution in [0.25, 0.3) is 0 Å². The normalized spacial score (nSPS) is 25.9. The lowest BCUT2D eigenvalue weighted by molar-refractivity contribution is 0.170. The van der Waals surface area contributed by atoms with Crippen molar-refractivity contribution < 1.29 is 5.11 Å². The van der Waals surface area contributed by atoms with Gasteiger partial charge in [-0.15, -0.1) is 11.3 Å². The van der Waals surface area contributed by atoms with Crippen LogP contribution in [0.15, 0.2) is 15.9 Å². The van der Waals surface area contributed by atoms with Crippen molar-refractivity contribution in [1.29, 1.82) is 0 Å². The molecule has 17 heavy (non-hydrogen) atoms. The molecule has 0 aromatic carbocycles. The Hall–Kier alpha value is 0.0600. The molecule has 0 spiro atoms. The first kappa shape index (κ1) is 13.5. The highest BCUT2D eigenvalue weighted by molar-refractivity contribution is 9.10. The van der Waals surface area contributed by atoms with Gasteiger partial charge in [-0.3, -0.25) is 4.90 Å². The fourth-order valence-electron chi connectivity index (χ4n) is 2.38. The minimum absolute atomic E-state index is 0.168. The number of β-amino-alcohol motifs (C(OH)–C–C–N with tert-alkyl or cyclic N) is 1. The maximum absolute atomic E-state index is 9.81. The lowest BCUT2D eigenvalue weighted by Gasteiger charge is -2.26. The van der Waals surface area contributed by atoms with E-state index in [0.717, 1.165) is 26.1 Å². The Morgan fingerprint density at radius 2 is 2.35 bits per heavy atom. The molecule has 2 atom stereocenters. The van der Waals surface area contributed by atoms with Crippen molar-refractivity contribution in [2.75, 3.05) is 27.2 Å². The fraction of sp³-hybridized carbons (Fsp3) is 0.667. The smallest absolute Gasteiger partial charge is 0.0682 e. The standard InChI is InChI=1S/C12H19BrN2OS/c1-14(2)6-9-5-10(16)7-15(9)8-12-11(13)3-4-17-12/h3-4,9-10,16H,5-8H2,1-2H3. The van der Waals surface area contributed by atoms with Gasteiger partial charge in [0.1, 0.15) is 0 Å². The summed E-state index contributed by atoms with van der Waals surface area (Å²) in [5, 5.41) is 11.9. The third-order valence-corrected chi connectivity index (χ3v) is 5.03. The van der Waals surface area contributed by atoms with Crippen LogP contribution < -0.4 is 0 Å². The number of hydrogen-bond acceptors (Lipinski definition) is 4. The predicted molar refractivity (Wildman–Crippen MR) is 75.4 cm³/mol. The fourth-order valence-corrected chi connectivity index (χ4v) is 3.89. The maximum Gasteiger partial charge on any atom is 0.0682 e. The molecule has 1 N–H and O–H groups in total. The Labute approximate surface area is 115 Å². The molecule has 5 heteroatoms. The van der Waals surface area contributed by atoms with Gasteiger partial charge in [-0.2, -0.15) is 0 Å². The first-order valence-corrected chi connectivity index (χ1v) is 7.52. The molecule has 1 aromatic rings. The van der Waals surface area contributed by atoms with Crippen molar-refractivity contribution in [3.63, 3.8) is 0 Å². The molecule has 0 saturated carbocycles. The summed E-state index contributed by atoms with van der Waals surface area (Å²) in [5.74, 6) is 0. The van der Waals surface area contributed by atoms with Crippen LogP contribution in [0.5, 0.6) is 0 Å². The summed E-state index contributed by atoms with van der Waals surface area (Å²) in [6, 6.07) is 2.56. The van der Waals surface area contributed by atoms with Gasteiger partial charge >= 0.3 is 0 Å². The lowest BCUT2D eigenvalue weighted by atomic mass is 10.2. The second kappa shape index (κ2) is 5.80. The third kappa shape index (κ3) is 3.51. The summed E-state index contributed by atoms with van der Waals surface area (Å²) < 4.78 is 1.19. The van der Waals surface area contributed by atoms with Gasteiger partial charge in [0, 0.05) is 35.0 Å². The summed E-state index contributed by atoms with van der Waals surface area (Å²) in [7, 11) is 4.17. The molecule has 1 fully saturated rings. The largest absolute Gasteiger partial charge is 0.392 e. The van der Waals surface area contributed by atoms with Crippen molar-refractivity contribution in [3.05, 3.63) is 20.8 Å². The Morgan fingerprint density at radius 3 is 2.94 bits per heavy atom. The molecular formula is C12H19BrN2OS. The minimum Gasteiger partial charge on any atom is -0.392 e. The zero-order chi connectivity index (χ0) is 12.4. The van der Waals surface area contributed by atoms with E-state index in [1.165, 1.54) is 9.35 Å². The van der Waals surface area contributed by atoms with Gasteiger partial charge in [0.2, 0.25) is 0 Å². The van der Waals surface area contributed by atoms with Crippen molar-refractivity contribution in [2.24, 2.45) is 0 Å². The van der Waals surface area contributed by atoms with Crippen LogP contribution in [0.4, 0.5) is 0 Å². The highest BCUT2D eigenvalue weighted by Crippen LogP contribution is 2.28. The Morgan fingerprint density at radius 1 is 1.59 bits per heavy atom. The van der Waals surface area contributed by atoms with E-state index in [-0.39, 0.29) is 6.10 Å². The zero-order valence-corrected chi connectivity index (χ0v) is 12.7. The predicted octanol–water partition coefficient (Wildman–Crippen LogP) is 2.01. The van der Waals surface area contributed by atoms with E-state index in [1.807, 2.05) is 0 Å². The molecule has 2 unspecified atom stereocenters. The van der Waals surface area contributed by atoms with Crippen molar-refractivity contribution in [1.82, 2.24) is 9.80 Å². The summed E-state index contributed by atoms with van der Waals surface area (Å²) in [6.07, 6.45) is 0.722. The van der Waals surface area contributed by atoms with E-state index >= 15 is 0 Å². The van der Waals surface area contributed by atoms with E-state index < -0.39 is 0 Å². The quantitative estimate of drug-likeness (QED) is 0.920. The van der Waals surface area contributed by atoms with Gasteiger partial charge in [-0.25, -0.2) is 0 Å². The number of rotatable bonds is 4. The topological polar surface area (TPSA) is 26.7 Å². The number of aliphatic hydroxyl groups is 1. The number of thiophene rings is 1. The first-order chi connectivity index (χ1) is 8.06. The molecule has 1 aliphatic heterocycles. The van der Waals surface area contributed by atoms with E-state index in [1.54, 1.807) is 11.3 Å². The van der Waals surface area contributed by atoms with Gasteiger partial charge in [0.15, 0.2) is 0 Å². The van der Waals surface area contributed by atoms with Crippen LogP contribution in [-0.2, 0) is 6.54 Å². The number of likely N-dealkylation sites (tertiary alicyclic amines) is 1. The molecule has 0 radical (unpaired) electrons. The number of hydrogen-bond donors (Lipinski definition) is 1. The van der Waals surface area contributed by atoms with Crippen LogP contribution >= 0.6 is 27.3 Å². The molecule has 1 aromatic heterocycles. The molecule has 0 aliphatic carbocycles. The highest BCUT2D eigenvalue weighted by atomic mass is 79.9. The average molecular weight is 319 g/mol. The molecule has 0 amide bonds. The van der Waals surface area contributed by atoms with Gasteiger partial charge in [0.25, 0.3) is 0 Å². The molecule has 2 rings (SSSR count). The molecule has 1 saturated heterocycles. The van der Waals surface area contributed by atoms with Crippen LogP contribution in [0.2, 0.25) is 0 Å². The van der Waals surface area contributed by atoms with Gasteiger partial charge < -0.3 is 10.0 Å². The second-order valence-corrected chi connectivity index (χ2v) is 6.78. The van der Waals surface area contributed by atoms with E-state index in [9.17, 15) is 5.11 Å². The third-order valence-electron chi connectivity index (χ3n) is 3.12. The summed E-state index contributed by atoms with van der Waals surface area (Å²) >= 11 is 5.35. The number of halogens is 1. The highest BCUT2D eigenvalue weighted by Gasteiger charge is 2.31. The number of likely N-dealkylation sites (N-methyl/N-ethyl adjacent to an activating group) is 1. The van der Waals surface area contributed by atoms with Gasteiger partial charge in [-0.05, 0) is 47.9 Å². The van der Waals surface area contributed by atoms with E-state index in [4.69, 9.17) is 0 Å². The molecule has 1 aliphatic rings. The molecule has 0 bridgehead atoms. The molecule has 96 valence electrons. The number of aliphatic hydroxyl groups excluding tert-OH is 1.